The molecular formula is C21H30N4OS. The average Bonchev–Trinajstić information content (AvgIpc) is 3.18. The van der Waals surface area contributed by atoms with Crippen molar-refractivity contribution in [2.24, 2.45) is 5.92 Å². The molecule has 0 spiro atoms. The van der Waals surface area contributed by atoms with E-state index in [0.717, 1.165) is 37.4 Å². The lowest BCUT2D eigenvalue weighted by molar-refractivity contribution is 0.166. The summed E-state index contributed by atoms with van der Waals surface area (Å²) in [4.78, 5) is 18.1. The Morgan fingerprint density at radius 2 is 2.04 bits per heavy atom. The number of benzene rings is 1. The molecule has 3 rings (SSSR count). The van der Waals surface area contributed by atoms with Crippen molar-refractivity contribution in [2.75, 3.05) is 38.6 Å². The van der Waals surface area contributed by atoms with Crippen molar-refractivity contribution in [1.82, 2.24) is 15.5 Å². The monoisotopic (exact) mass is 386 g/mol. The molecule has 6 heteroatoms. The van der Waals surface area contributed by atoms with Crippen LogP contribution in [0.2, 0.25) is 0 Å². The molecule has 146 valence electrons. The molecule has 1 aliphatic heterocycles. The first kappa shape index (κ1) is 19.7. The van der Waals surface area contributed by atoms with Crippen molar-refractivity contribution in [2.45, 2.75) is 25.9 Å². The first-order chi connectivity index (χ1) is 13.1. The molecule has 27 heavy (non-hydrogen) atoms. The number of hydrogen-bond acceptors (Lipinski definition) is 4. The van der Waals surface area contributed by atoms with Gasteiger partial charge in [0.05, 0.1) is 0 Å². The van der Waals surface area contributed by atoms with Crippen molar-refractivity contribution in [1.29, 1.82) is 0 Å². The number of carbonyl (C=O) groups excluding carboxylic acids is 1. The zero-order valence-corrected chi connectivity index (χ0v) is 17.1. The lowest BCUT2D eigenvalue weighted by Gasteiger charge is -2.32. The van der Waals surface area contributed by atoms with Gasteiger partial charge in [-0.25, -0.2) is 4.79 Å². The molecule has 0 radical (unpaired) electrons. The van der Waals surface area contributed by atoms with Crippen LogP contribution in [-0.2, 0) is 13.1 Å². The molecule has 1 aliphatic rings. The zero-order valence-electron chi connectivity index (χ0n) is 16.3. The van der Waals surface area contributed by atoms with Crippen LogP contribution in [0.3, 0.4) is 0 Å². The highest BCUT2D eigenvalue weighted by Gasteiger charge is 2.20. The Morgan fingerprint density at radius 1 is 1.22 bits per heavy atom. The second kappa shape index (κ2) is 9.76. The topological polar surface area (TPSA) is 47.6 Å². The molecule has 1 atom stereocenters. The van der Waals surface area contributed by atoms with Crippen molar-refractivity contribution in [3.05, 3.63) is 52.2 Å². The summed E-state index contributed by atoms with van der Waals surface area (Å²) >= 11 is 1.82. The van der Waals surface area contributed by atoms with E-state index in [1.165, 1.54) is 17.7 Å². The Bertz CT molecular complexity index is 699. The maximum Gasteiger partial charge on any atom is 0.315 e. The number of piperidine rings is 1. The van der Waals surface area contributed by atoms with Gasteiger partial charge in [0.15, 0.2) is 0 Å². The van der Waals surface area contributed by atoms with Gasteiger partial charge in [-0.2, -0.15) is 0 Å². The van der Waals surface area contributed by atoms with E-state index in [2.05, 4.69) is 62.2 Å². The predicted octanol–water partition coefficient (Wildman–Crippen LogP) is 3.53. The summed E-state index contributed by atoms with van der Waals surface area (Å²) in [6, 6.07) is 12.5. The first-order valence-electron chi connectivity index (χ1n) is 9.63. The fraction of sp³-hybridized carbons (Fsp3) is 0.476. The maximum absolute atomic E-state index is 12.1. The fourth-order valence-electron chi connectivity index (χ4n) is 3.48. The zero-order chi connectivity index (χ0) is 19.1. The van der Waals surface area contributed by atoms with Crippen LogP contribution in [0, 0.1) is 5.92 Å². The normalized spacial score (nSPS) is 17.5. The van der Waals surface area contributed by atoms with Crippen LogP contribution >= 0.6 is 11.3 Å². The Kier molecular flexibility index (Phi) is 7.12. The number of likely N-dealkylation sites (tertiary alicyclic amines) is 1. The second-order valence-electron chi connectivity index (χ2n) is 7.45. The van der Waals surface area contributed by atoms with Gasteiger partial charge in [0.1, 0.15) is 0 Å². The molecule has 2 heterocycles. The lowest BCUT2D eigenvalue weighted by Crippen LogP contribution is -2.43. The van der Waals surface area contributed by atoms with Crippen LogP contribution in [0.4, 0.5) is 10.5 Å². The van der Waals surface area contributed by atoms with E-state index in [-0.39, 0.29) is 6.03 Å². The van der Waals surface area contributed by atoms with E-state index in [1.807, 2.05) is 25.4 Å². The molecular weight excluding hydrogens is 356 g/mol. The number of hydrogen-bond donors (Lipinski definition) is 2. The van der Waals surface area contributed by atoms with Gasteiger partial charge in [-0.15, -0.1) is 11.3 Å². The molecule has 2 amide bonds. The highest BCUT2D eigenvalue weighted by Crippen LogP contribution is 2.20. The number of amides is 2. The van der Waals surface area contributed by atoms with Gasteiger partial charge < -0.3 is 15.5 Å². The molecule has 0 saturated carbocycles. The van der Waals surface area contributed by atoms with Gasteiger partial charge >= 0.3 is 6.03 Å². The smallest absolute Gasteiger partial charge is 0.315 e. The van der Waals surface area contributed by atoms with Gasteiger partial charge in [0.2, 0.25) is 0 Å². The molecule has 1 aromatic heterocycles. The molecule has 1 unspecified atom stereocenters. The molecule has 5 nitrogen and oxygen atoms in total. The molecule has 2 N–H and O–H groups in total. The Balaban J connectivity index is 1.37. The van der Waals surface area contributed by atoms with E-state index in [1.54, 1.807) is 0 Å². The lowest BCUT2D eigenvalue weighted by atomic mass is 9.98. The SMILES string of the molecule is CN(C)c1ccc(CNC(=O)NCC2CCCN(Cc3cccs3)C2)cc1. The van der Waals surface area contributed by atoms with Gasteiger partial charge in [-0.1, -0.05) is 18.2 Å². The highest BCUT2D eigenvalue weighted by atomic mass is 32.1. The van der Waals surface area contributed by atoms with E-state index < -0.39 is 0 Å². The molecule has 1 fully saturated rings. The molecule has 1 aromatic carbocycles. The second-order valence-corrected chi connectivity index (χ2v) is 8.48. The summed E-state index contributed by atoms with van der Waals surface area (Å²) in [7, 11) is 4.04. The third kappa shape index (κ3) is 6.26. The van der Waals surface area contributed by atoms with Crippen molar-refractivity contribution in [3.8, 4) is 0 Å². The third-order valence-corrected chi connectivity index (χ3v) is 5.88. The minimum atomic E-state index is -0.0814. The van der Waals surface area contributed by atoms with Crippen LogP contribution in [0.5, 0.6) is 0 Å². The standard InChI is InChI=1S/C21H30N4OS/c1-24(2)19-9-7-17(8-10-19)13-22-21(26)23-14-18-5-3-11-25(15-18)16-20-6-4-12-27-20/h4,6-10,12,18H,3,5,11,13-16H2,1-2H3,(H2,22,23,26). The highest BCUT2D eigenvalue weighted by molar-refractivity contribution is 7.09. The predicted molar refractivity (Wildman–Crippen MR) is 113 cm³/mol. The number of carbonyl (C=O) groups is 1. The molecule has 2 aromatic rings. The number of urea groups is 1. The summed E-state index contributed by atoms with van der Waals surface area (Å²) in [6.45, 7) is 4.54. The van der Waals surface area contributed by atoms with E-state index in [4.69, 9.17) is 0 Å². The number of rotatable bonds is 7. The Hall–Kier alpha value is -2.05. The number of thiophene rings is 1. The van der Waals surface area contributed by atoms with Gasteiger partial charge in [-0.3, -0.25) is 4.90 Å². The van der Waals surface area contributed by atoms with Gasteiger partial charge in [0.25, 0.3) is 0 Å². The van der Waals surface area contributed by atoms with Crippen LogP contribution in [0.25, 0.3) is 0 Å². The van der Waals surface area contributed by atoms with Gasteiger partial charge in [0, 0.05) is 50.8 Å². The van der Waals surface area contributed by atoms with E-state index >= 15 is 0 Å². The van der Waals surface area contributed by atoms with Crippen molar-refractivity contribution < 1.29 is 4.79 Å². The summed E-state index contributed by atoms with van der Waals surface area (Å²) in [5, 5.41) is 8.14. The Morgan fingerprint density at radius 3 is 2.74 bits per heavy atom. The summed E-state index contributed by atoms with van der Waals surface area (Å²) in [5.41, 5.74) is 2.27. The van der Waals surface area contributed by atoms with E-state index in [0.29, 0.717) is 12.5 Å². The number of anilines is 1. The number of nitrogens with zero attached hydrogens (tertiary/aromatic N) is 2. The van der Waals surface area contributed by atoms with Crippen LogP contribution in [-0.4, -0.2) is 44.7 Å². The van der Waals surface area contributed by atoms with Gasteiger partial charge in [-0.05, 0) is 54.4 Å². The molecule has 1 saturated heterocycles. The summed E-state index contributed by atoms with van der Waals surface area (Å²) in [6.07, 6.45) is 2.39. The van der Waals surface area contributed by atoms with Crippen LogP contribution in [0.15, 0.2) is 41.8 Å². The minimum Gasteiger partial charge on any atom is -0.378 e. The van der Waals surface area contributed by atoms with Crippen LogP contribution < -0.4 is 15.5 Å². The Labute approximate surface area is 166 Å². The quantitative estimate of drug-likeness (QED) is 0.765. The number of nitrogens with one attached hydrogen (secondary N) is 2. The van der Waals surface area contributed by atoms with E-state index in [9.17, 15) is 4.79 Å². The average molecular weight is 387 g/mol. The third-order valence-electron chi connectivity index (χ3n) is 5.02. The summed E-state index contributed by atoms with van der Waals surface area (Å²) in [5.74, 6) is 0.531. The van der Waals surface area contributed by atoms with Crippen LogP contribution in [0.1, 0.15) is 23.3 Å². The largest absolute Gasteiger partial charge is 0.378 e. The maximum atomic E-state index is 12.1. The molecule has 0 bridgehead atoms. The molecule has 0 aliphatic carbocycles. The van der Waals surface area contributed by atoms with Crippen molar-refractivity contribution >= 4 is 23.1 Å². The fourth-order valence-corrected chi connectivity index (χ4v) is 4.22. The summed E-state index contributed by atoms with van der Waals surface area (Å²) < 4.78 is 0. The first-order valence-corrected chi connectivity index (χ1v) is 10.5. The van der Waals surface area contributed by atoms with Crippen molar-refractivity contribution in [3.63, 3.8) is 0 Å². The minimum absolute atomic E-state index is 0.0814.